The van der Waals surface area contributed by atoms with Gasteiger partial charge in [0.2, 0.25) is 0 Å². The molecule has 0 aliphatic heterocycles. The molecule has 0 aliphatic rings. The molecule has 0 radical (unpaired) electrons. The van der Waals surface area contributed by atoms with Crippen LogP contribution in [0.2, 0.25) is 10.0 Å². The number of rotatable bonds is 1. The third-order valence-electron chi connectivity index (χ3n) is 2.50. The van der Waals surface area contributed by atoms with Crippen LogP contribution >= 0.6 is 23.2 Å². The monoisotopic (exact) mass is 279 g/mol. The first-order valence-corrected chi connectivity index (χ1v) is 5.90. The number of benzene rings is 2. The Labute approximate surface area is 112 Å². The number of nitrogens with zero attached hydrogens (tertiary/aromatic N) is 3. The van der Waals surface area contributed by atoms with Crippen molar-refractivity contribution in [3.8, 4) is 11.4 Å². The summed E-state index contributed by atoms with van der Waals surface area (Å²) in [5.74, 6) is 0.196. The van der Waals surface area contributed by atoms with E-state index in [0.29, 0.717) is 21.1 Å². The van der Waals surface area contributed by atoms with Crippen LogP contribution < -0.4 is 0 Å². The molecule has 0 bridgehead atoms. The van der Waals surface area contributed by atoms with Crippen LogP contribution in [-0.4, -0.2) is 20.1 Å². The van der Waals surface area contributed by atoms with Crippen molar-refractivity contribution in [2.45, 2.75) is 0 Å². The van der Waals surface area contributed by atoms with Crippen LogP contribution in [0.25, 0.3) is 16.7 Å². The minimum atomic E-state index is 0.196. The van der Waals surface area contributed by atoms with E-state index in [1.165, 1.54) is 4.80 Å². The summed E-state index contributed by atoms with van der Waals surface area (Å²) in [5.41, 5.74) is 2.08. The van der Waals surface area contributed by atoms with Gasteiger partial charge in [-0.15, -0.1) is 10.2 Å². The van der Waals surface area contributed by atoms with E-state index in [0.717, 1.165) is 5.69 Å². The first-order valence-electron chi connectivity index (χ1n) is 5.15. The van der Waals surface area contributed by atoms with Crippen LogP contribution in [0.15, 0.2) is 36.4 Å². The molecule has 0 unspecified atom stereocenters. The Morgan fingerprint density at radius 2 is 1.39 bits per heavy atom. The number of fused-ring (bicyclic) bond motifs is 1. The van der Waals surface area contributed by atoms with Gasteiger partial charge < -0.3 is 5.11 Å². The van der Waals surface area contributed by atoms with E-state index in [4.69, 9.17) is 23.2 Å². The zero-order chi connectivity index (χ0) is 12.7. The van der Waals surface area contributed by atoms with E-state index in [1.807, 2.05) is 0 Å². The summed E-state index contributed by atoms with van der Waals surface area (Å²) >= 11 is 11.8. The SMILES string of the molecule is Oc1ccc(-n2nc3cc(Cl)c(Cl)cc3n2)cc1. The summed E-state index contributed by atoms with van der Waals surface area (Å²) in [6.45, 7) is 0. The lowest BCUT2D eigenvalue weighted by Gasteiger charge is -1.98. The molecule has 0 saturated carbocycles. The van der Waals surface area contributed by atoms with Crippen LogP contribution in [0.5, 0.6) is 5.75 Å². The zero-order valence-electron chi connectivity index (χ0n) is 9.01. The Balaban J connectivity index is 2.16. The van der Waals surface area contributed by atoms with Gasteiger partial charge in [-0.25, -0.2) is 0 Å². The number of hydrogen-bond donors (Lipinski definition) is 1. The van der Waals surface area contributed by atoms with E-state index in [2.05, 4.69) is 10.2 Å². The van der Waals surface area contributed by atoms with Crippen molar-refractivity contribution in [3.05, 3.63) is 46.4 Å². The maximum atomic E-state index is 9.23. The Morgan fingerprint density at radius 1 is 0.889 bits per heavy atom. The van der Waals surface area contributed by atoms with Gasteiger partial charge in [-0.2, -0.15) is 4.80 Å². The zero-order valence-corrected chi connectivity index (χ0v) is 10.5. The van der Waals surface area contributed by atoms with Gasteiger partial charge in [0.1, 0.15) is 16.8 Å². The predicted octanol–water partition coefficient (Wildman–Crippen LogP) is 3.43. The van der Waals surface area contributed by atoms with Gasteiger partial charge in [0.25, 0.3) is 0 Å². The smallest absolute Gasteiger partial charge is 0.115 e. The Bertz CT molecular complexity index is 683. The Kier molecular flexibility index (Phi) is 2.61. The van der Waals surface area contributed by atoms with Crippen molar-refractivity contribution in [2.24, 2.45) is 0 Å². The van der Waals surface area contributed by atoms with Gasteiger partial charge in [0.05, 0.1) is 15.7 Å². The van der Waals surface area contributed by atoms with Gasteiger partial charge in [0, 0.05) is 0 Å². The van der Waals surface area contributed by atoms with Crippen LogP contribution in [0.1, 0.15) is 0 Å². The fourth-order valence-corrected chi connectivity index (χ4v) is 1.93. The highest BCUT2D eigenvalue weighted by molar-refractivity contribution is 6.42. The second-order valence-corrected chi connectivity index (χ2v) is 4.58. The van der Waals surface area contributed by atoms with Gasteiger partial charge >= 0.3 is 0 Å². The van der Waals surface area contributed by atoms with Crippen molar-refractivity contribution in [1.29, 1.82) is 0 Å². The first-order chi connectivity index (χ1) is 8.63. The molecule has 1 N–H and O–H groups in total. The maximum absolute atomic E-state index is 9.23. The normalized spacial score (nSPS) is 11.0. The average molecular weight is 280 g/mol. The van der Waals surface area contributed by atoms with E-state index in [-0.39, 0.29) is 5.75 Å². The minimum absolute atomic E-state index is 0.196. The molecule has 2 aromatic carbocycles. The highest BCUT2D eigenvalue weighted by Gasteiger charge is 2.08. The fourth-order valence-electron chi connectivity index (χ4n) is 1.61. The molecule has 0 saturated heterocycles. The lowest BCUT2D eigenvalue weighted by molar-refractivity contribution is 0.475. The van der Waals surface area contributed by atoms with Crippen LogP contribution in [0.4, 0.5) is 0 Å². The minimum Gasteiger partial charge on any atom is -0.508 e. The van der Waals surface area contributed by atoms with Crippen molar-refractivity contribution in [2.75, 3.05) is 0 Å². The summed E-state index contributed by atoms with van der Waals surface area (Å²) in [5, 5.41) is 18.7. The summed E-state index contributed by atoms with van der Waals surface area (Å²) < 4.78 is 0. The lowest BCUT2D eigenvalue weighted by Crippen LogP contribution is -1.97. The van der Waals surface area contributed by atoms with Crippen molar-refractivity contribution in [1.82, 2.24) is 15.0 Å². The van der Waals surface area contributed by atoms with Gasteiger partial charge in [-0.05, 0) is 36.4 Å². The Morgan fingerprint density at radius 3 is 1.89 bits per heavy atom. The molecule has 6 heteroatoms. The highest BCUT2D eigenvalue weighted by Crippen LogP contribution is 2.26. The lowest BCUT2D eigenvalue weighted by atomic mass is 10.3. The largest absolute Gasteiger partial charge is 0.508 e. The molecule has 1 aromatic heterocycles. The van der Waals surface area contributed by atoms with Crippen LogP contribution in [-0.2, 0) is 0 Å². The first kappa shape index (κ1) is 11.3. The van der Waals surface area contributed by atoms with E-state index in [9.17, 15) is 5.11 Å². The van der Waals surface area contributed by atoms with Gasteiger partial charge in [-0.3, -0.25) is 0 Å². The molecule has 3 rings (SSSR count). The maximum Gasteiger partial charge on any atom is 0.115 e. The average Bonchev–Trinajstić information content (AvgIpc) is 2.73. The van der Waals surface area contributed by atoms with Crippen molar-refractivity contribution >= 4 is 34.2 Å². The number of aromatic nitrogens is 3. The van der Waals surface area contributed by atoms with Gasteiger partial charge in [0.15, 0.2) is 0 Å². The van der Waals surface area contributed by atoms with Crippen molar-refractivity contribution < 1.29 is 5.11 Å². The number of phenolic OH excluding ortho intramolecular Hbond substituents is 1. The molecule has 0 atom stereocenters. The molecule has 4 nitrogen and oxygen atoms in total. The quantitative estimate of drug-likeness (QED) is 0.743. The molecule has 0 aliphatic carbocycles. The summed E-state index contributed by atoms with van der Waals surface area (Å²) in [7, 11) is 0. The van der Waals surface area contributed by atoms with Crippen LogP contribution in [0, 0.1) is 0 Å². The molecule has 0 amide bonds. The third-order valence-corrected chi connectivity index (χ3v) is 3.23. The molecule has 0 fully saturated rings. The molecule has 18 heavy (non-hydrogen) atoms. The van der Waals surface area contributed by atoms with Crippen molar-refractivity contribution in [3.63, 3.8) is 0 Å². The predicted molar refractivity (Wildman–Crippen MR) is 70.5 cm³/mol. The summed E-state index contributed by atoms with van der Waals surface area (Å²) in [4.78, 5) is 1.47. The van der Waals surface area contributed by atoms with E-state index < -0.39 is 0 Å². The highest BCUT2D eigenvalue weighted by atomic mass is 35.5. The van der Waals surface area contributed by atoms with E-state index in [1.54, 1.807) is 36.4 Å². The number of aromatic hydroxyl groups is 1. The number of halogens is 2. The third kappa shape index (κ3) is 1.89. The number of hydrogen-bond acceptors (Lipinski definition) is 3. The summed E-state index contributed by atoms with van der Waals surface area (Å²) in [6, 6.07) is 9.92. The molecular weight excluding hydrogens is 273 g/mol. The topological polar surface area (TPSA) is 50.9 Å². The molecular formula is C12H7Cl2N3O. The Hall–Kier alpha value is -1.78. The number of phenols is 1. The molecule has 90 valence electrons. The van der Waals surface area contributed by atoms with Gasteiger partial charge in [-0.1, -0.05) is 23.2 Å². The fraction of sp³-hybridized carbons (Fsp3) is 0. The second kappa shape index (κ2) is 4.15. The molecule has 3 aromatic rings. The van der Waals surface area contributed by atoms with Crippen LogP contribution in [0.3, 0.4) is 0 Å². The standard InChI is InChI=1S/C12H7Cl2N3O/c13-9-5-11-12(6-10(9)14)16-17(15-11)7-1-3-8(18)4-2-7/h1-6,18H. The van der Waals surface area contributed by atoms with E-state index >= 15 is 0 Å². The molecule has 1 heterocycles. The second-order valence-electron chi connectivity index (χ2n) is 3.76. The summed E-state index contributed by atoms with van der Waals surface area (Å²) in [6.07, 6.45) is 0. The molecule has 0 spiro atoms.